The molecule has 0 aromatic heterocycles. The number of benzene rings is 1. The first kappa shape index (κ1) is 14.8. The summed E-state index contributed by atoms with van der Waals surface area (Å²) >= 11 is 0. The van der Waals surface area contributed by atoms with Crippen molar-refractivity contribution in [2.24, 2.45) is 5.16 Å². The van der Waals surface area contributed by atoms with E-state index in [0.717, 1.165) is 18.4 Å². The molecule has 1 aromatic rings. The second-order valence-electron chi connectivity index (χ2n) is 4.01. The van der Waals surface area contributed by atoms with Gasteiger partial charge in [-0.15, -0.1) is 0 Å². The van der Waals surface area contributed by atoms with Crippen molar-refractivity contribution in [2.75, 3.05) is 13.7 Å². The molecular formula is C14H18N2O3. The van der Waals surface area contributed by atoms with Gasteiger partial charge in [0.2, 0.25) is 0 Å². The van der Waals surface area contributed by atoms with Gasteiger partial charge >= 0.3 is 0 Å². The van der Waals surface area contributed by atoms with Crippen LogP contribution in [-0.2, 0) is 0 Å². The van der Waals surface area contributed by atoms with Gasteiger partial charge in [-0.3, -0.25) is 0 Å². The van der Waals surface area contributed by atoms with Crippen molar-refractivity contribution in [1.29, 1.82) is 5.26 Å². The maximum atomic E-state index is 8.73. The minimum Gasteiger partial charge on any atom is -0.493 e. The van der Waals surface area contributed by atoms with Crippen LogP contribution in [0.15, 0.2) is 23.4 Å². The SMILES string of the molecule is COc1cc(/C(C)=N/O)ccc1OCCCCC#N. The van der Waals surface area contributed by atoms with E-state index in [1.165, 1.54) is 0 Å². The van der Waals surface area contributed by atoms with Gasteiger partial charge in [-0.25, -0.2) is 0 Å². The molecule has 0 aliphatic heterocycles. The lowest BCUT2D eigenvalue weighted by Crippen LogP contribution is -2.01. The van der Waals surface area contributed by atoms with Crippen LogP contribution in [0.3, 0.4) is 0 Å². The van der Waals surface area contributed by atoms with Crippen LogP contribution < -0.4 is 9.47 Å². The van der Waals surface area contributed by atoms with Crippen molar-refractivity contribution in [3.05, 3.63) is 23.8 Å². The number of methoxy groups -OCH3 is 1. The second-order valence-corrected chi connectivity index (χ2v) is 4.01. The van der Waals surface area contributed by atoms with Crippen LogP contribution in [0.2, 0.25) is 0 Å². The Hall–Kier alpha value is -2.22. The molecule has 0 fully saturated rings. The van der Waals surface area contributed by atoms with Crippen LogP contribution >= 0.6 is 0 Å². The van der Waals surface area contributed by atoms with E-state index >= 15 is 0 Å². The predicted octanol–water partition coefficient (Wildman–Crippen LogP) is 2.97. The third-order valence-electron chi connectivity index (χ3n) is 2.67. The summed E-state index contributed by atoms with van der Waals surface area (Å²) in [7, 11) is 1.56. The number of ether oxygens (including phenoxy) is 2. The number of nitriles is 1. The number of hydrogen-bond donors (Lipinski definition) is 1. The second kappa shape index (κ2) is 7.98. The van der Waals surface area contributed by atoms with Crippen molar-refractivity contribution < 1.29 is 14.7 Å². The smallest absolute Gasteiger partial charge is 0.161 e. The molecule has 102 valence electrons. The van der Waals surface area contributed by atoms with Crippen LogP contribution in [0.4, 0.5) is 0 Å². The molecule has 1 N–H and O–H groups in total. The Labute approximate surface area is 113 Å². The van der Waals surface area contributed by atoms with E-state index in [2.05, 4.69) is 11.2 Å². The molecule has 0 unspecified atom stereocenters. The fourth-order valence-corrected chi connectivity index (χ4v) is 1.56. The van der Waals surface area contributed by atoms with Gasteiger partial charge in [0, 0.05) is 12.0 Å². The van der Waals surface area contributed by atoms with E-state index in [1.807, 2.05) is 6.07 Å². The number of rotatable bonds is 7. The average molecular weight is 262 g/mol. The van der Waals surface area contributed by atoms with Crippen molar-refractivity contribution in [2.45, 2.75) is 26.2 Å². The number of hydrogen-bond acceptors (Lipinski definition) is 5. The molecule has 0 spiro atoms. The highest BCUT2D eigenvalue weighted by molar-refractivity contribution is 5.98. The van der Waals surface area contributed by atoms with Crippen LogP contribution in [0.25, 0.3) is 0 Å². The zero-order chi connectivity index (χ0) is 14.1. The predicted molar refractivity (Wildman–Crippen MR) is 72.0 cm³/mol. The van der Waals surface area contributed by atoms with E-state index in [-0.39, 0.29) is 0 Å². The Morgan fingerprint density at radius 3 is 2.79 bits per heavy atom. The lowest BCUT2D eigenvalue weighted by molar-refractivity contribution is 0.287. The molecule has 5 nitrogen and oxygen atoms in total. The zero-order valence-electron chi connectivity index (χ0n) is 11.2. The van der Waals surface area contributed by atoms with E-state index in [9.17, 15) is 0 Å². The van der Waals surface area contributed by atoms with Crippen LogP contribution in [0.1, 0.15) is 31.7 Å². The molecule has 1 rings (SSSR count). The molecule has 0 aliphatic rings. The molecule has 0 bridgehead atoms. The number of nitrogens with zero attached hydrogens (tertiary/aromatic N) is 2. The monoisotopic (exact) mass is 262 g/mol. The van der Waals surface area contributed by atoms with Crippen molar-refractivity contribution in [3.8, 4) is 17.6 Å². The molecule has 0 atom stereocenters. The van der Waals surface area contributed by atoms with Gasteiger partial charge in [0.05, 0.1) is 25.5 Å². The Morgan fingerprint density at radius 1 is 1.37 bits per heavy atom. The summed E-state index contributed by atoms with van der Waals surface area (Å²) in [6.07, 6.45) is 2.20. The molecule has 19 heavy (non-hydrogen) atoms. The molecule has 0 saturated heterocycles. The molecule has 0 heterocycles. The third-order valence-corrected chi connectivity index (χ3v) is 2.67. The molecule has 0 saturated carbocycles. The van der Waals surface area contributed by atoms with E-state index in [1.54, 1.807) is 26.2 Å². The molecule has 0 aliphatic carbocycles. The van der Waals surface area contributed by atoms with Crippen LogP contribution in [0, 0.1) is 11.3 Å². The number of unbranched alkanes of at least 4 members (excludes halogenated alkanes) is 2. The highest BCUT2D eigenvalue weighted by Gasteiger charge is 2.07. The first-order chi connectivity index (χ1) is 9.22. The lowest BCUT2D eigenvalue weighted by Gasteiger charge is -2.11. The van der Waals surface area contributed by atoms with Gasteiger partial charge in [-0.1, -0.05) is 5.16 Å². The van der Waals surface area contributed by atoms with E-state index in [4.69, 9.17) is 19.9 Å². The van der Waals surface area contributed by atoms with Gasteiger partial charge < -0.3 is 14.7 Å². The molecular weight excluding hydrogens is 244 g/mol. The summed E-state index contributed by atoms with van der Waals surface area (Å²) in [4.78, 5) is 0. The molecule has 0 radical (unpaired) electrons. The average Bonchev–Trinajstić information content (AvgIpc) is 2.46. The third kappa shape index (κ3) is 4.51. The van der Waals surface area contributed by atoms with Gasteiger partial charge in [0.1, 0.15) is 0 Å². The summed E-state index contributed by atoms with van der Waals surface area (Å²) in [5.41, 5.74) is 1.29. The highest BCUT2D eigenvalue weighted by Crippen LogP contribution is 2.28. The highest BCUT2D eigenvalue weighted by atomic mass is 16.5. The van der Waals surface area contributed by atoms with Gasteiger partial charge in [0.25, 0.3) is 0 Å². The standard InChI is InChI=1S/C14H18N2O3/c1-11(16-17)12-6-7-13(14(10-12)18-2)19-9-5-3-4-8-15/h6-7,10,17H,3-5,9H2,1-2H3/b16-11+. The summed E-state index contributed by atoms with van der Waals surface area (Å²) in [5.74, 6) is 1.25. The molecule has 1 aromatic carbocycles. The van der Waals surface area contributed by atoms with Gasteiger partial charge in [0.15, 0.2) is 11.5 Å². The summed E-state index contributed by atoms with van der Waals surface area (Å²) in [6.45, 7) is 2.25. The quantitative estimate of drug-likeness (QED) is 0.355. The van der Waals surface area contributed by atoms with Crippen LogP contribution in [0.5, 0.6) is 11.5 Å². The Kier molecular flexibility index (Phi) is 6.23. The van der Waals surface area contributed by atoms with Crippen molar-refractivity contribution in [3.63, 3.8) is 0 Å². The van der Waals surface area contributed by atoms with E-state index in [0.29, 0.717) is 30.2 Å². The minimum atomic E-state index is 0.513. The maximum absolute atomic E-state index is 8.73. The molecule has 0 amide bonds. The van der Waals surface area contributed by atoms with E-state index < -0.39 is 0 Å². The summed E-state index contributed by atoms with van der Waals surface area (Å²) in [6, 6.07) is 7.45. The Bertz CT molecular complexity index is 478. The maximum Gasteiger partial charge on any atom is 0.161 e. The van der Waals surface area contributed by atoms with Gasteiger partial charge in [-0.05, 0) is 38.0 Å². The topological polar surface area (TPSA) is 74.8 Å². The largest absolute Gasteiger partial charge is 0.493 e. The molecule has 5 heteroatoms. The fourth-order valence-electron chi connectivity index (χ4n) is 1.56. The first-order valence-corrected chi connectivity index (χ1v) is 6.09. The zero-order valence-corrected chi connectivity index (χ0v) is 11.2. The minimum absolute atomic E-state index is 0.513. The Balaban J connectivity index is 2.66. The summed E-state index contributed by atoms with van der Waals surface area (Å²) < 4.78 is 10.9. The lowest BCUT2D eigenvalue weighted by atomic mass is 10.1. The normalized spacial score (nSPS) is 10.9. The van der Waals surface area contributed by atoms with Crippen molar-refractivity contribution in [1.82, 2.24) is 0 Å². The Morgan fingerprint density at radius 2 is 2.16 bits per heavy atom. The fraction of sp³-hybridized carbons (Fsp3) is 0.429. The first-order valence-electron chi connectivity index (χ1n) is 6.09. The van der Waals surface area contributed by atoms with Crippen molar-refractivity contribution >= 4 is 5.71 Å². The van der Waals surface area contributed by atoms with Crippen LogP contribution in [-0.4, -0.2) is 24.6 Å². The van der Waals surface area contributed by atoms with Gasteiger partial charge in [-0.2, -0.15) is 5.26 Å². The number of oxime groups is 1. The summed E-state index contributed by atoms with van der Waals surface area (Å²) in [5, 5.41) is 20.3.